The largest absolute Gasteiger partial charge is 0.492 e. The molecule has 2 nitrogen and oxygen atoms in total. The summed E-state index contributed by atoms with van der Waals surface area (Å²) in [7, 11) is 0. The summed E-state index contributed by atoms with van der Waals surface area (Å²) >= 11 is 11.9. The molecule has 1 fully saturated rings. The van der Waals surface area contributed by atoms with Gasteiger partial charge in [-0.15, -0.1) is 0 Å². The van der Waals surface area contributed by atoms with Gasteiger partial charge in [-0.05, 0) is 56.5 Å². The fraction of sp³-hybridized carbons (Fsp3) is 0.538. The lowest BCUT2D eigenvalue weighted by Crippen LogP contribution is -2.30. The van der Waals surface area contributed by atoms with Crippen LogP contribution < -0.4 is 10.1 Å². The predicted molar refractivity (Wildman–Crippen MR) is 72.2 cm³/mol. The quantitative estimate of drug-likeness (QED) is 0.902. The molecular formula is C13H17Cl2NO. The fourth-order valence-electron chi connectivity index (χ4n) is 2.10. The number of benzene rings is 1. The first-order valence-electron chi connectivity index (χ1n) is 6.04. The lowest BCUT2D eigenvalue weighted by Gasteiger charge is -2.22. The normalized spacial score (nSPS) is 20.2. The third-order valence-corrected chi connectivity index (χ3v) is 3.61. The molecule has 1 aromatic rings. The second-order valence-corrected chi connectivity index (χ2v) is 5.27. The summed E-state index contributed by atoms with van der Waals surface area (Å²) in [6.45, 7) is 2.98. The van der Waals surface area contributed by atoms with E-state index in [0.29, 0.717) is 16.7 Å². The lowest BCUT2D eigenvalue weighted by atomic mass is 9.97. The number of halogens is 2. The van der Waals surface area contributed by atoms with E-state index in [0.717, 1.165) is 31.2 Å². The Morgan fingerprint density at radius 3 is 2.94 bits per heavy atom. The standard InChI is InChI=1S/C13H17Cl2NO/c14-11-3-4-13(12(15)8-11)17-7-5-10-2-1-6-16-9-10/h3-4,8,10,16H,1-2,5-7,9H2/t10-/m0/s1. The molecule has 17 heavy (non-hydrogen) atoms. The zero-order valence-electron chi connectivity index (χ0n) is 9.72. The Morgan fingerprint density at radius 1 is 1.35 bits per heavy atom. The molecule has 0 saturated carbocycles. The van der Waals surface area contributed by atoms with Gasteiger partial charge in [0.25, 0.3) is 0 Å². The van der Waals surface area contributed by atoms with Crippen molar-refractivity contribution < 1.29 is 4.74 Å². The topological polar surface area (TPSA) is 21.3 Å². The summed E-state index contributed by atoms with van der Waals surface area (Å²) in [5.74, 6) is 1.45. The van der Waals surface area contributed by atoms with Crippen LogP contribution in [0.5, 0.6) is 5.75 Å². The average Bonchev–Trinajstić information content (AvgIpc) is 2.33. The van der Waals surface area contributed by atoms with E-state index in [9.17, 15) is 0 Å². The Hall–Kier alpha value is -0.440. The van der Waals surface area contributed by atoms with Gasteiger partial charge < -0.3 is 10.1 Å². The van der Waals surface area contributed by atoms with E-state index in [1.807, 2.05) is 6.07 Å². The van der Waals surface area contributed by atoms with Crippen LogP contribution in [0.1, 0.15) is 19.3 Å². The predicted octanol–water partition coefficient (Wildman–Crippen LogP) is 3.76. The van der Waals surface area contributed by atoms with Crippen molar-refractivity contribution in [2.75, 3.05) is 19.7 Å². The van der Waals surface area contributed by atoms with Gasteiger partial charge in [0.05, 0.1) is 11.6 Å². The van der Waals surface area contributed by atoms with Crippen LogP contribution >= 0.6 is 23.2 Å². The molecule has 0 unspecified atom stereocenters. The zero-order valence-corrected chi connectivity index (χ0v) is 11.2. The second kappa shape index (κ2) is 6.48. The molecular weight excluding hydrogens is 257 g/mol. The molecule has 1 N–H and O–H groups in total. The summed E-state index contributed by atoms with van der Waals surface area (Å²) < 4.78 is 5.68. The van der Waals surface area contributed by atoms with Gasteiger partial charge in [-0.1, -0.05) is 23.2 Å². The Morgan fingerprint density at radius 2 is 2.24 bits per heavy atom. The van der Waals surface area contributed by atoms with E-state index < -0.39 is 0 Å². The molecule has 1 aromatic carbocycles. The molecule has 0 amide bonds. The highest BCUT2D eigenvalue weighted by atomic mass is 35.5. The van der Waals surface area contributed by atoms with E-state index in [1.165, 1.54) is 12.8 Å². The van der Waals surface area contributed by atoms with Crippen LogP contribution in [0.15, 0.2) is 18.2 Å². The third kappa shape index (κ3) is 4.06. The zero-order chi connectivity index (χ0) is 12.1. The van der Waals surface area contributed by atoms with Crippen LogP contribution in [-0.4, -0.2) is 19.7 Å². The van der Waals surface area contributed by atoms with Crippen LogP contribution in [0.3, 0.4) is 0 Å². The van der Waals surface area contributed by atoms with E-state index in [-0.39, 0.29) is 0 Å². The molecule has 94 valence electrons. The number of hydrogen-bond acceptors (Lipinski definition) is 2. The molecule has 1 atom stereocenters. The lowest BCUT2D eigenvalue weighted by molar-refractivity contribution is 0.254. The van der Waals surface area contributed by atoms with Gasteiger partial charge >= 0.3 is 0 Å². The Labute approximate surface area is 112 Å². The van der Waals surface area contributed by atoms with Gasteiger partial charge in [0, 0.05) is 5.02 Å². The van der Waals surface area contributed by atoms with Crippen LogP contribution in [0.2, 0.25) is 10.0 Å². The molecule has 0 aliphatic carbocycles. The molecule has 1 aliphatic rings. The van der Waals surface area contributed by atoms with E-state index in [4.69, 9.17) is 27.9 Å². The molecule has 0 bridgehead atoms. The summed E-state index contributed by atoms with van der Waals surface area (Å²) in [4.78, 5) is 0. The highest BCUT2D eigenvalue weighted by molar-refractivity contribution is 6.35. The average molecular weight is 274 g/mol. The molecule has 0 spiro atoms. The number of rotatable bonds is 4. The van der Waals surface area contributed by atoms with Gasteiger partial charge in [0.1, 0.15) is 5.75 Å². The molecule has 0 aromatic heterocycles. The molecule has 2 rings (SSSR count). The van der Waals surface area contributed by atoms with Crippen molar-refractivity contribution in [2.45, 2.75) is 19.3 Å². The van der Waals surface area contributed by atoms with Gasteiger partial charge in [-0.25, -0.2) is 0 Å². The number of hydrogen-bond donors (Lipinski definition) is 1. The van der Waals surface area contributed by atoms with Gasteiger partial charge in [0.15, 0.2) is 0 Å². The number of piperidine rings is 1. The van der Waals surface area contributed by atoms with Crippen molar-refractivity contribution in [1.82, 2.24) is 5.32 Å². The second-order valence-electron chi connectivity index (χ2n) is 4.42. The highest BCUT2D eigenvalue weighted by Crippen LogP contribution is 2.28. The maximum atomic E-state index is 6.03. The van der Waals surface area contributed by atoms with Crippen molar-refractivity contribution >= 4 is 23.2 Å². The van der Waals surface area contributed by atoms with E-state index in [2.05, 4.69) is 5.32 Å². The minimum atomic E-state index is 0.583. The van der Waals surface area contributed by atoms with Crippen molar-refractivity contribution in [3.63, 3.8) is 0 Å². The summed E-state index contributed by atoms with van der Waals surface area (Å²) in [5.41, 5.74) is 0. The maximum Gasteiger partial charge on any atom is 0.137 e. The minimum absolute atomic E-state index is 0.583. The summed E-state index contributed by atoms with van der Waals surface area (Å²) in [6.07, 6.45) is 3.64. The first-order valence-corrected chi connectivity index (χ1v) is 6.80. The molecule has 1 aliphatic heterocycles. The first kappa shape index (κ1) is 13.0. The monoisotopic (exact) mass is 273 g/mol. The van der Waals surface area contributed by atoms with Crippen LogP contribution in [0, 0.1) is 5.92 Å². The molecule has 0 radical (unpaired) electrons. The van der Waals surface area contributed by atoms with Crippen molar-refractivity contribution in [2.24, 2.45) is 5.92 Å². The number of nitrogens with one attached hydrogen (secondary N) is 1. The third-order valence-electron chi connectivity index (χ3n) is 3.08. The fourth-order valence-corrected chi connectivity index (χ4v) is 2.56. The summed E-state index contributed by atoms with van der Waals surface area (Å²) in [6, 6.07) is 5.33. The van der Waals surface area contributed by atoms with Gasteiger partial charge in [0.2, 0.25) is 0 Å². The molecule has 1 heterocycles. The van der Waals surface area contributed by atoms with Crippen molar-refractivity contribution in [1.29, 1.82) is 0 Å². The number of ether oxygens (including phenoxy) is 1. The smallest absolute Gasteiger partial charge is 0.137 e. The van der Waals surface area contributed by atoms with Crippen LogP contribution in [0.25, 0.3) is 0 Å². The van der Waals surface area contributed by atoms with E-state index in [1.54, 1.807) is 12.1 Å². The van der Waals surface area contributed by atoms with Gasteiger partial charge in [-0.2, -0.15) is 0 Å². The Kier molecular flexibility index (Phi) is 4.96. The van der Waals surface area contributed by atoms with Crippen molar-refractivity contribution in [3.05, 3.63) is 28.2 Å². The first-order chi connectivity index (χ1) is 8.25. The molecule has 1 saturated heterocycles. The minimum Gasteiger partial charge on any atom is -0.492 e. The summed E-state index contributed by atoms with van der Waals surface area (Å²) in [5, 5.41) is 4.62. The Balaban J connectivity index is 1.77. The molecule has 4 heteroatoms. The maximum absolute atomic E-state index is 6.03. The SMILES string of the molecule is Clc1ccc(OCC[C@@H]2CCCNC2)c(Cl)c1. The van der Waals surface area contributed by atoms with Crippen LogP contribution in [-0.2, 0) is 0 Å². The van der Waals surface area contributed by atoms with Gasteiger partial charge in [-0.3, -0.25) is 0 Å². The van der Waals surface area contributed by atoms with Crippen LogP contribution in [0.4, 0.5) is 0 Å². The van der Waals surface area contributed by atoms with Crippen molar-refractivity contribution in [3.8, 4) is 5.75 Å². The highest BCUT2D eigenvalue weighted by Gasteiger charge is 2.13. The Bertz CT molecular complexity index is 364. The van der Waals surface area contributed by atoms with E-state index >= 15 is 0 Å².